The van der Waals surface area contributed by atoms with Crippen LogP contribution >= 0.6 is 0 Å². The molecule has 4 heteroatoms. The van der Waals surface area contributed by atoms with Crippen LogP contribution < -0.4 is 5.32 Å². The maximum atomic E-state index is 4.42. The Morgan fingerprint density at radius 1 is 1.33 bits per heavy atom. The van der Waals surface area contributed by atoms with Gasteiger partial charge >= 0.3 is 0 Å². The van der Waals surface area contributed by atoms with Crippen LogP contribution in [0.2, 0.25) is 0 Å². The fourth-order valence-electron chi connectivity index (χ4n) is 1.36. The van der Waals surface area contributed by atoms with Crippen molar-refractivity contribution in [2.24, 2.45) is 0 Å². The molecule has 4 nitrogen and oxygen atoms in total. The van der Waals surface area contributed by atoms with Crippen LogP contribution in [0.3, 0.4) is 0 Å². The summed E-state index contributed by atoms with van der Waals surface area (Å²) < 4.78 is 0. The second-order valence-corrected chi connectivity index (χ2v) is 3.43. The lowest BCUT2D eigenvalue weighted by Gasteiger charge is -2.07. The van der Waals surface area contributed by atoms with E-state index in [2.05, 4.69) is 29.4 Å². The zero-order valence-corrected chi connectivity index (χ0v) is 7.54. The van der Waals surface area contributed by atoms with Gasteiger partial charge in [-0.3, -0.25) is 0 Å². The molecular formula is C8H14N4. The van der Waals surface area contributed by atoms with Gasteiger partial charge in [0.1, 0.15) is 0 Å². The molecule has 0 saturated carbocycles. The van der Waals surface area contributed by atoms with E-state index in [4.69, 9.17) is 0 Å². The molecule has 1 aliphatic rings. The quantitative estimate of drug-likeness (QED) is 0.660. The summed E-state index contributed by atoms with van der Waals surface area (Å²) in [6.45, 7) is 6.10. The van der Waals surface area contributed by atoms with Crippen LogP contribution in [0.25, 0.3) is 0 Å². The molecule has 0 radical (unpaired) electrons. The summed E-state index contributed by atoms with van der Waals surface area (Å²) in [5.74, 6) is 0. The molecule has 0 bridgehead atoms. The summed E-state index contributed by atoms with van der Waals surface area (Å²) >= 11 is 0. The number of nitrogens with zero attached hydrogens (tertiary/aromatic N) is 3. The molecule has 0 unspecified atom stereocenters. The Bertz CT molecular complexity index is 253. The number of fused-ring (bicyclic) bond motifs is 1. The highest BCUT2D eigenvalue weighted by atomic mass is 15.5. The van der Waals surface area contributed by atoms with Crippen LogP contribution in [0, 0.1) is 0 Å². The number of aromatic nitrogens is 3. The van der Waals surface area contributed by atoms with Gasteiger partial charge in [-0.2, -0.15) is 15.0 Å². The van der Waals surface area contributed by atoms with E-state index in [1.165, 1.54) is 5.69 Å². The zero-order valence-electron chi connectivity index (χ0n) is 7.54. The SMILES string of the molecule is CC(C)n1nc2c(n1)CNCC2. The Morgan fingerprint density at radius 3 is 2.75 bits per heavy atom. The normalized spacial score (nSPS) is 16.6. The van der Waals surface area contributed by atoms with Gasteiger partial charge in [0.25, 0.3) is 0 Å². The van der Waals surface area contributed by atoms with Gasteiger partial charge in [-0.15, -0.1) is 0 Å². The summed E-state index contributed by atoms with van der Waals surface area (Å²) in [6.07, 6.45) is 1.02. The minimum atomic E-state index is 0.371. The van der Waals surface area contributed by atoms with E-state index in [-0.39, 0.29) is 0 Å². The number of hydrogen-bond donors (Lipinski definition) is 1. The molecule has 1 aromatic heterocycles. The second kappa shape index (κ2) is 2.86. The van der Waals surface area contributed by atoms with Crippen molar-refractivity contribution in [1.29, 1.82) is 0 Å². The first-order valence-corrected chi connectivity index (χ1v) is 4.42. The van der Waals surface area contributed by atoms with Crippen molar-refractivity contribution in [2.75, 3.05) is 6.54 Å². The molecule has 0 aromatic carbocycles. The third kappa shape index (κ3) is 1.22. The van der Waals surface area contributed by atoms with E-state index in [1.807, 2.05) is 0 Å². The molecule has 2 heterocycles. The van der Waals surface area contributed by atoms with Crippen molar-refractivity contribution in [1.82, 2.24) is 20.3 Å². The Hall–Kier alpha value is -0.900. The van der Waals surface area contributed by atoms with E-state index < -0.39 is 0 Å². The number of rotatable bonds is 1. The minimum absolute atomic E-state index is 0.371. The average Bonchev–Trinajstić information content (AvgIpc) is 2.46. The van der Waals surface area contributed by atoms with Gasteiger partial charge in [0.05, 0.1) is 17.4 Å². The van der Waals surface area contributed by atoms with E-state index in [9.17, 15) is 0 Å². The average molecular weight is 166 g/mol. The van der Waals surface area contributed by atoms with Gasteiger partial charge in [-0.05, 0) is 13.8 Å². The summed E-state index contributed by atoms with van der Waals surface area (Å²) in [7, 11) is 0. The third-order valence-corrected chi connectivity index (χ3v) is 2.07. The Labute approximate surface area is 72.0 Å². The van der Waals surface area contributed by atoms with Crippen molar-refractivity contribution >= 4 is 0 Å². The summed E-state index contributed by atoms with van der Waals surface area (Å²) in [5.41, 5.74) is 2.29. The van der Waals surface area contributed by atoms with Crippen molar-refractivity contribution in [3.8, 4) is 0 Å². The maximum absolute atomic E-state index is 4.42. The molecule has 0 spiro atoms. The highest BCUT2D eigenvalue weighted by Gasteiger charge is 2.15. The standard InChI is InChI=1S/C8H14N4/c1-6(2)12-10-7-3-4-9-5-8(7)11-12/h6,9H,3-5H2,1-2H3. The Morgan fingerprint density at radius 2 is 2.08 bits per heavy atom. The fourth-order valence-corrected chi connectivity index (χ4v) is 1.36. The first-order valence-electron chi connectivity index (χ1n) is 4.42. The molecule has 0 fully saturated rings. The van der Waals surface area contributed by atoms with Crippen LogP contribution in [0.4, 0.5) is 0 Å². The molecule has 12 heavy (non-hydrogen) atoms. The van der Waals surface area contributed by atoms with Crippen molar-refractivity contribution in [3.05, 3.63) is 11.4 Å². The Balaban J connectivity index is 2.32. The molecule has 0 amide bonds. The van der Waals surface area contributed by atoms with Crippen LogP contribution in [-0.4, -0.2) is 21.5 Å². The van der Waals surface area contributed by atoms with Crippen molar-refractivity contribution < 1.29 is 0 Å². The van der Waals surface area contributed by atoms with Gasteiger partial charge < -0.3 is 5.32 Å². The summed E-state index contributed by atoms with van der Waals surface area (Å²) in [5, 5.41) is 12.1. The molecule has 2 rings (SSSR count). The third-order valence-electron chi connectivity index (χ3n) is 2.07. The summed E-state index contributed by atoms with van der Waals surface area (Å²) in [4.78, 5) is 1.80. The smallest absolute Gasteiger partial charge is 0.0997 e. The molecule has 0 aliphatic carbocycles. The van der Waals surface area contributed by atoms with E-state index in [1.54, 1.807) is 4.80 Å². The van der Waals surface area contributed by atoms with Gasteiger partial charge in [-0.25, -0.2) is 0 Å². The lowest BCUT2D eigenvalue weighted by atomic mass is 10.2. The van der Waals surface area contributed by atoms with Crippen LogP contribution in [0.5, 0.6) is 0 Å². The monoisotopic (exact) mass is 166 g/mol. The Kier molecular flexibility index (Phi) is 1.84. The first-order chi connectivity index (χ1) is 5.77. The number of hydrogen-bond acceptors (Lipinski definition) is 3. The van der Waals surface area contributed by atoms with Crippen molar-refractivity contribution in [2.45, 2.75) is 32.9 Å². The molecule has 66 valence electrons. The molecule has 0 atom stereocenters. The van der Waals surface area contributed by atoms with E-state index >= 15 is 0 Å². The highest BCUT2D eigenvalue weighted by Crippen LogP contribution is 2.10. The van der Waals surface area contributed by atoms with E-state index in [0.717, 1.165) is 25.2 Å². The zero-order chi connectivity index (χ0) is 8.55. The maximum Gasteiger partial charge on any atom is 0.0997 e. The first kappa shape index (κ1) is 7.73. The lowest BCUT2D eigenvalue weighted by molar-refractivity contribution is 0.461. The largest absolute Gasteiger partial charge is 0.311 e. The van der Waals surface area contributed by atoms with Gasteiger partial charge in [0.15, 0.2) is 0 Å². The van der Waals surface area contributed by atoms with Gasteiger partial charge in [0.2, 0.25) is 0 Å². The summed E-state index contributed by atoms with van der Waals surface area (Å²) in [6, 6.07) is 0.371. The van der Waals surface area contributed by atoms with Crippen LogP contribution in [0.15, 0.2) is 0 Å². The lowest BCUT2D eigenvalue weighted by Crippen LogP contribution is -2.23. The topological polar surface area (TPSA) is 42.7 Å². The molecule has 1 aliphatic heterocycles. The molecule has 0 saturated heterocycles. The van der Waals surface area contributed by atoms with Crippen molar-refractivity contribution in [3.63, 3.8) is 0 Å². The second-order valence-electron chi connectivity index (χ2n) is 3.43. The van der Waals surface area contributed by atoms with Gasteiger partial charge in [-0.1, -0.05) is 0 Å². The molecular weight excluding hydrogens is 152 g/mol. The molecule has 1 N–H and O–H groups in total. The minimum Gasteiger partial charge on any atom is -0.311 e. The highest BCUT2D eigenvalue weighted by molar-refractivity contribution is 5.11. The van der Waals surface area contributed by atoms with Crippen LogP contribution in [-0.2, 0) is 13.0 Å². The predicted octanol–water partition coefficient (Wildman–Crippen LogP) is 0.505. The molecule has 1 aromatic rings. The predicted molar refractivity (Wildman–Crippen MR) is 45.8 cm³/mol. The van der Waals surface area contributed by atoms with Gasteiger partial charge in [0, 0.05) is 19.5 Å². The fraction of sp³-hybridized carbons (Fsp3) is 0.750. The van der Waals surface area contributed by atoms with E-state index in [0.29, 0.717) is 6.04 Å². The van der Waals surface area contributed by atoms with Crippen LogP contribution in [0.1, 0.15) is 31.3 Å². The number of nitrogens with one attached hydrogen (secondary N) is 1.